The van der Waals surface area contributed by atoms with Crippen molar-refractivity contribution >= 4 is 39.1 Å². The van der Waals surface area contributed by atoms with Crippen LogP contribution in [0.4, 0.5) is 10.5 Å². The summed E-state index contributed by atoms with van der Waals surface area (Å²) in [6, 6.07) is 7.16. The van der Waals surface area contributed by atoms with E-state index in [9.17, 15) is 9.59 Å². The Bertz CT molecular complexity index is 723. The highest BCUT2D eigenvalue weighted by molar-refractivity contribution is 7.17. The lowest BCUT2D eigenvalue weighted by atomic mass is 10.1. The molecule has 2 atom stereocenters. The number of hydrogen-bond donors (Lipinski definition) is 3. The zero-order chi connectivity index (χ0) is 14.8. The number of carboxylic acid groups (broad SMARTS) is 1. The Morgan fingerprint density at radius 2 is 2.10 bits per heavy atom. The van der Waals surface area contributed by atoms with Crippen LogP contribution < -0.4 is 10.6 Å². The van der Waals surface area contributed by atoms with E-state index in [1.165, 1.54) is 4.70 Å². The highest BCUT2D eigenvalue weighted by Gasteiger charge is 2.25. The molecule has 1 aromatic carbocycles. The molecule has 0 saturated heterocycles. The summed E-state index contributed by atoms with van der Waals surface area (Å²) in [5.41, 5.74) is 0.718. The van der Waals surface area contributed by atoms with Gasteiger partial charge in [-0.3, -0.25) is 4.79 Å². The minimum atomic E-state index is -0.862. The van der Waals surface area contributed by atoms with Crippen LogP contribution in [0, 0.1) is 5.92 Å². The van der Waals surface area contributed by atoms with Crippen molar-refractivity contribution in [2.24, 2.45) is 5.92 Å². The summed E-state index contributed by atoms with van der Waals surface area (Å²) >= 11 is 1.65. The SMILES string of the molecule is O=C(Nc1ccc2sccc2c1)NC1C=CC(C(=O)O)C1. The van der Waals surface area contributed by atoms with Crippen LogP contribution in [-0.4, -0.2) is 23.1 Å². The molecule has 1 aliphatic rings. The summed E-state index contributed by atoms with van der Waals surface area (Å²) in [6.45, 7) is 0. The molecule has 5 nitrogen and oxygen atoms in total. The van der Waals surface area contributed by atoms with Crippen LogP contribution in [-0.2, 0) is 4.79 Å². The molecule has 3 rings (SSSR count). The van der Waals surface area contributed by atoms with Crippen LogP contribution >= 0.6 is 11.3 Å². The molecule has 108 valence electrons. The van der Waals surface area contributed by atoms with Gasteiger partial charge in [-0.05, 0) is 41.5 Å². The summed E-state index contributed by atoms with van der Waals surface area (Å²) in [7, 11) is 0. The van der Waals surface area contributed by atoms with Gasteiger partial charge in [0, 0.05) is 10.4 Å². The van der Waals surface area contributed by atoms with Gasteiger partial charge in [-0.15, -0.1) is 11.3 Å². The number of carbonyl (C=O) groups is 2. The molecule has 0 saturated carbocycles. The number of aliphatic carboxylic acids is 1. The summed E-state index contributed by atoms with van der Waals surface area (Å²) < 4.78 is 1.17. The van der Waals surface area contributed by atoms with E-state index in [-0.39, 0.29) is 12.1 Å². The molecule has 0 bridgehead atoms. The summed E-state index contributed by atoms with van der Waals surface area (Å²) in [5.74, 6) is -1.38. The quantitative estimate of drug-likeness (QED) is 0.762. The molecule has 6 heteroatoms. The summed E-state index contributed by atoms with van der Waals surface area (Å²) in [5, 5.41) is 17.5. The Hall–Kier alpha value is -2.34. The van der Waals surface area contributed by atoms with Crippen LogP contribution in [0.2, 0.25) is 0 Å². The molecule has 21 heavy (non-hydrogen) atoms. The van der Waals surface area contributed by atoms with Gasteiger partial charge in [0.1, 0.15) is 0 Å². The topological polar surface area (TPSA) is 78.4 Å². The lowest BCUT2D eigenvalue weighted by Gasteiger charge is -2.13. The fraction of sp³-hybridized carbons (Fsp3) is 0.200. The number of thiophene rings is 1. The smallest absolute Gasteiger partial charge is 0.319 e. The first-order valence-electron chi connectivity index (χ1n) is 6.58. The number of fused-ring (bicyclic) bond motifs is 1. The van der Waals surface area contributed by atoms with E-state index in [0.717, 1.165) is 11.1 Å². The monoisotopic (exact) mass is 302 g/mol. The van der Waals surface area contributed by atoms with E-state index in [0.29, 0.717) is 6.42 Å². The Morgan fingerprint density at radius 1 is 1.24 bits per heavy atom. The van der Waals surface area contributed by atoms with Crippen molar-refractivity contribution in [3.63, 3.8) is 0 Å². The number of hydrogen-bond acceptors (Lipinski definition) is 3. The van der Waals surface area contributed by atoms with Gasteiger partial charge in [-0.25, -0.2) is 4.79 Å². The third kappa shape index (κ3) is 3.05. The third-order valence-electron chi connectivity index (χ3n) is 3.43. The number of urea groups is 1. The van der Waals surface area contributed by atoms with E-state index >= 15 is 0 Å². The maximum Gasteiger partial charge on any atom is 0.319 e. The minimum Gasteiger partial charge on any atom is -0.481 e. The van der Waals surface area contributed by atoms with Crippen molar-refractivity contribution in [3.8, 4) is 0 Å². The van der Waals surface area contributed by atoms with Gasteiger partial charge in [0.25, 0.3) is 0 Å². The van der Waals surface area contributed by atoms with Crippen LogP contribution in [0.25, 0.3) is 10.1 Å². The van der Waals surface area contributed by atoms with E-state index in [2.05, 4.69) is 10.6 Å². The van der Waals surface area contributed by atoms with Crippen molar-refractivity contribution in [2.75, 3.05) is 5.32 Å². The first-order chi connectivity index (χ1) is 10.1. The van der Waals surface area contributed by atoms with Gasteiger partial charge < -0.3 is 15.7 Å². The Morgan fingerprint density at radius 3 is 2.86 bits per heavy atom. The predicted molar refractivity (Wildman–Crippen MR) is 82.7 cm³/mol. The lowest BCUT2D eigenvalue weighted by molar-refractivity contribution is -0.140. The summed E-state index contributed by atoms with van der Waals surface area (Å²) in [4.78, 5) is 22.8. The number of rotatable bonds is 3. The number of anilines is 1. The molecular formula is C15H14N2O3S. The standard InChI is InChI=1S/C15H14N2O3S/c18-14(19)10-1-2-11(8-10)16-15(20)17-12-3-4-13-9(7-12)5-6-21-13/h1-7,10-11H,8H2,(H,18,19)(H2,16,17,20). The molecule has 3 N–H and O–H groups in total. The van der Waals surface area contributed by atoms with Crippen molar-refractivity contribution in [2.45, 2.75) is 12.5 Å². The largest absolute Gasteiger partial charge is 0.481 e. The lowest BCUT2D eigenvalue weighted by Crippen LogP contribution is -2.36. The van der Waals surface area contributed by atoms with Gasteiger partial charge in [0.15, 0.2) is 0 Å². The zero-order valence-corrected chi connectivity index (χ0v) is 11.9. The molecular weight excluding hydrogens is 288 g/mol. The molecule has 2 unspecified atom stereocenters. The number of benzene rings is 1. The van der Waals surface area contributed by atoms with Gasteiger partial charge in [0.05, 0.1) is 12.0 Å². The van der Waals surface area contributed by atoms with Gasteiger partial charge in [0.2, 0.25) is 0 Å². The molecule has 1 aliphatic carbocycles. The maximum atomic E-state index is 11.9. The zero-order valence-electron chi connectivity index (χ0n) is 11.1. The maximum absolute atomic E-state index is 11.9. The van der Waals surface area contributed by atoms with Crippen molar-refractivity contribution in [3.05, 3.63) is 41.8 Å². The molecule has 1 heterocycles. The van der Waals surface area contributed by atoms with Crippen molar-refractivity contribution in [1.29, 1.82) is 0 Å². The minimum absolute atomic E-state index is 0.240. The first kappa shape index (κ1) is 13.6. The number of carboxylic acids is 1. The van der Waals surface area contributed by atoms with Crippen molar-refractivity contribution in [1.82, 2.24) is 5.32 Å². The highest BCUT2D eigenvalue weighted by atomic mass is 32.1. The first-order valence-corrected chi connectivity index (χ1v) is 7.46. The third-order valence-corrected chi connectivity index (χ3v) is 4.33. The fourth-order valence-electron chi connectivity index (χ4n) is 2.37. The van der Waals surface area contributed by atoms with E-state index in [1.54, 1.807) is 23.5 Å². The Kier molecular flexibility index (Phi) is 3.62. The second-order valence-corrected chi connectivity index (χ2v) is 5.89. The average molecular weight is 302 g/mol. The summed E-state index contributed by atoms with van der Waals surface area (Å²) in [6.07, 6.45) is 3.73. The van der Waals surface area contributed by atoms with Crippen LogP contribution in [0.15, 0.2) is 41.8 Å². The second-order valence-electron chi connectivity index (χ2n) is 4.94. The molecule has 0 fully saturated rings. The Balaban J connectivity index is 1.59. The number of nitrogens with one attached hydrogen (secondary N) is 2. The molecule has 1 aromatic heterocycles. The highest BCUT2D eigenvalue weighted by Crippen LogP contribution is 2.24. The molecule has 0 radical (unpaired) electrons. The van der Waals surface area contributed by atoms with Crippen LogP contribution in [0.3, 0.4) is 0 Å². The predicted octanol–water partition coefficient (Wildman–Crippen LogP) is 3.05. The van der Waals surface area contributed by atoms with Gasteiger partial charge in [-0.1, -0.05) is 12.2 Å². The Labute approximate surface area is 125 Å². The molecule has 0 spiro atoms. The van der Waals surface area contributed by atoms with Gasteiger partial charge >= 0.3 is 12.0 Å². The number of carbonyl (C=O) groups excluding carboxylic acids is 1. The van der Waals surface area contributed by atoms with Gasteiger partial charge in [-0.2, -0.15) is 0 Å². The average Bonchev–Trinajstić information content (AvgIpc) is 3.06. The second kappa shape index (κ2) is 5.57. The molecule has 2 aromatic rings. The molecule has 2 amide bonds. The van der Waals surface area contributed by atoms with Crippen LogP contribution in [0.1, 0.15) is 6.42 Å². The van der Waals surface area contributed by atoms with E-state index < -0.39 is 11.9 Å². The number of amides is 2. The normalized spacial score (nSPS) is 20.6. The van der Waals surface area contributed by atoms with Crippen LogP contribution in [0.5, 0.6) is 0 Å². The molecule has 0 aliphatic heterocycles. The van der Waals surface area contributed by atoms with E-state index in [4.69, 9.17) is 5.11 Å². The van der Waals surface area contributed by atoms with Crippen molar-refractivity contribution < 1.29 is 14.7 Å². The van der Waals surface area contributed by atoms with E-state index in [1.807, 2.05) is 29.6 Å². The fourth-order valence-corrected chi connectivity index (χ4v) is 3.14.